The van der Waals surface area contributed by atoms with Crippen LogP contribution >= 0.6 is 0 Å². The van der Waals surface area contributed by atoms with Crippen molar-refractivity contribution in [2.24, 2.45) is 16.9 Å². The number of hydrazone groups is 1. The number of hydrogen-bond acceptors (Lipinski definition) is 6. The van der Waals surface area contributed by atoms with Gasteiger partial charge in [-0.05, 0) is 72.9 Å². The lowest BCUT2D eigenvalue weighted by atomic mass is 9.72. The van der Waals surface area contributed by atoms with Gasteiger partial charge in [-0.1, -0.05) is 38.1 Å². The zero-order chi connectivity index (χ0) is 26.0. The summed E-state index contributed by atoms with van der Waals surface area (Å²) in [6, 6.07) is 13.8. The summed E-state index contributed by atoms with van der Waals surface area (Å²) in [5, 5.41) is 6.51. The van der Waals surface area contributed by atoms with Crippen LogP contribution < -0.4 is 21.8 Å². The predicted octanol–water partition coefficient (Wildman–Crippen LogP) is 3.46. The Bertz CT molecular complexity index is 1180. The van der Waals surface area contributed by atoms with Crippen molar-refractivity contribution in [3.63, 3.8) is 0 Å². The molecule has 37 heavy (non-hydrogen) atoms. The van der Waals surface area contributed by atoms with Crippen molar-refractivity contribution >= 4 is 17.9 Å². The van der Waals surface area contributed by atoms with Crippen molar-refractivity contribution < 1.29 is 14.0 Å². The van der Waals surface area contributed by atoms with Gasteiger partial charge in [0.1, 0.15) is 5.82 Å². The summed E-state index contributed by atoms with van der Waals surface area (Å²) in [5.41, 5.74) is 9.74. The van der Waals surface area contributed by atoms with E-state index in [9.17, 15) is 14.0 Å². The maximum atomic E-state index is 13.8. The van der Waals surface area contributed by atoms with Gasteiger partial charge in [-0.15, -0.1) is 10.6 Å². The molecule has 0 unspecified atom stereocenters. The third kappa shape index (κ3) is 5.39. The molecule has 3 amide bonds. The van der Waals surface area contributed by atoms with Gasteiger partial charge in [0.05, 0.1) is 5.54 Å². The van der Waals surface area contributed by atoms with Crippen LogP contribution in [0, 0.1) is 17.7 Å². The number of nitrogens with zero attached hydrogens (tertiary/aromatic N) is 3. The first-order valence-electron chi connectivity index (χ1n) is 12.9. The quantitative estimate of drug-likeness (QED) is 0.480. The molecule has 1 saturated carbocycles. The molecule has 196 valence electrons. The van der Waals surface area contributed by atoms with Crippen molar-refractivity contribution in [3.8, 4) is 0 Å². The maximum absolute atomic E-state index is 13.8. The summed E-state index contributed by atoms with van der Waals surface area (Å²) >= 11 is 0. The average molecular weight is 508 g/mol. The number of nitrogens with one attached hydrogen (secondary N) is 4. The first kappa shape index (κ1) is 25.0. The molecule has 0 bridgehead atoms. The van der Waals surface area contributed by atoms with Gasteiger partial charge >= 0.3 is 6.03 Å². The van der Waals surface area contributed by atoms with Crippen molar-refractivity contribution in [3.05, 3.63) is 71.0 Å². The van der Waals surface area contributed by atoms with Crippen molar-refractivity contribution in [1.29, 1.82) is 0 Å². The normalized spacial score (nSPS) is 23.3. The van der Waals surface area contributed by atoms with E-state index >= 15 is 0 Å². The molecule has 2 aliphatic heterocycles. The zero-order valence-electron chi connectivity index (χ0n) is 21.3. The molecule has 10 heteroatoms. The highest BCUT2D eigenvalue weighted by Gasteiger charge is 2.50. The third-order valence-electron chi connectivity index (χ3n) is 7.92. The predicted molar refractivity (Wildman–Crippen MR) is 138 cm³/mol. The summed E-state index contributed by atoms with van der Waals surface area (Å²) in [4.78, 5) is 30.1. The summed E-state index contributed by atoms with van der Waals surface area (Å²) in [7, 11) is 0. The van der Waals surface area contributed by atoms with E-state index in [1.165, 1.54) is 12.1 Å². The van der Waals surface area contributed by atoms with Crippen LogP contribution in [0.4, 0.5) is 9.18 Å². The Kier molecular flexibility index (Phi) is 7.01. The number of carbonyl (C=O) groups excluding carboxylic acids is 2. The second-order valence-electron chi connectivity index (χ2n) is 10.6. The number of guanidine groups is 1. The molecule has 1 saturated heterocycles. The second kappa shape index (κ2) is 10.4. The van der Waals surface area contributed by atoms with Gasteiger partial charge in [-0.3, -0.25) is 15.5 Å². The molecule has 3 aliphatic rings. The van der Waals surface area contributed by atoms with Gasteiger partial charge in [0.15, 0.2) is 0 Å². The minimum Gasteiger partial charge on any atom is -0.318 e. The summed E-state index contributed by atoms with van der Waals surface area (Å²) in [5.74, 6) is 1.00. The minimum absolute atomic E-state index is 0.0144. The Balaban J connectivity index is 1.33. The first-order chi connectivity index (χ1) is 17.8. The summed E-state index contributed by atoms with van der Waals surface area (Å²) in [6.45, 7) is 6.05. The van der Waals surface area contributed by atoms with Crippen molar-refractivity contribution in [2.75, 3.05) is 6.54 Å². The van der Waals surface area contributed by atoms with E-state index < -0.39 is 0 Å². The summed E-state index contributed by atoms with van der Waals surface area (Å²) < 4.78 is 13.8. The zero-order valence-corrected chi connectivity index (χ0v) is 21.3. The van der Waals surface area contributed by atoms with E-state index in [-0.39, 0.29) is 29.3 Å². The summed E-state index contributed by atoms with van der Waals surface area (Å²) in [6.07, 6.45) is 4.10. The van der Waals surface area contributed by atoms with Crippen LogP contribution in [0.15, 0.2) is 53.6 Å². The van der Waals surface area contributed by atoms with Crippen LogP contribution in [-0.4, -0.2) is 39.8 Å². The molecule has 1 aliphatic carbocycles. The lowest BCUT2D eigenvalue weighted by Gasteiger charge is -2.43. The number of hydrogen-bond donors (Lipinski definition) is 4. The van der Waals surface area contributed by atoms with Crippen molar-refractivity contribution in [2.45, 2.75) is 58.2 Å². The van der Waals surface area contributed by atoms with Gasteiger partial charge in [0.2, 0.25) is 5.96 Å². The molecule has 2 aromatic carbocycles. The molecular weight excluding hydrogens is 473 g/mol. The van der Waals surface area contributed by atoms with E-state index in [4.69, 9.17) is 0 Å². The SMILES string of the molecule is CC(C)C1CCC2(CC1)CN(Cc1cccc(F)c1)C(=O)N2Cc1ccc(C(=O)NC2=NNNN2)cc1. The highest BCUT2D eigenvalue weighted by Crippen LogP contribution is 2.44. The molecule has 0 aromatic heterocycles. The van der Waals surface area contributed by atoms with Gasteiger partial charge in [-0.25, -0.2) is 14.7 Å². The van der Waals surface area contributed by atoms with Gasteiger partial charge < -0.3 is 9.80 Å². The maximum Gasteiger partial charge on any atom is 0.321 e. The fraction of sp³-hybridized carbons (Fsp3) is 0.444. The molecule has 2 aromatic rings. The smallest absolute Gasteiger partial charge is 0.318 e. The number of amides is 3. The largest absolute Gasteiger partial charge is 0.321 e. The Morgan fingerprint density at radius 2 is 1.89 bits per heavy atom. The van der Waals surface area contributed by atoms with Gasteiger partial charge in [-0.2, -0.15) is 0 Å². The average Bonchev–Trinajstić information content (AvgIpc) is 3.47. The van der Waals surface area contributed by atoms with Gasteiger partial charge in [0, 0.05) is 25.2 Å². The van der Waals surface area contributed by atoms with Gasteiger partial charge in [0.25, 0.3) is 5.91 Å². The number of rotatable bonds is 6. The standard InChI is InChI=1S/C27H34FN7O2/c1-18(2)21-10-12-27(13-11-21)17-34(15-20-4-3-5-23(28)14-20)26(37)35(27)16-19-6-8-22(9-7-19)24(36)29-25-30-32-33-31-25/h3-9,14,18,21,32-33H,10-13,15-17H2,1-2H3,(H2,29,30,31,36). The number of urea groups is 1. The fourth-order valence-corrected chi connectivity index (χ4v) is 5.75. The minimum atomic E-state index is -0.291. The fourth-order valence-electron chi connectivity index (χ4n) is 5.75. The number of halogens is 1. The molecule has 2 fully saturated rings. The lowest BCUT2D eigenvalue weighted by Crippen LogP contribution is -2.49. The van der Waals surface area contributed by atoms with Crippen LogP contribution in [0.1, 0.15) is 61.0 Å². The van der Waals surface area contributed by atoms with E-state index in [1.807, 2.05) is 28.0 Å². The monoisotopic (exact) mass is 507 g/mol. The highest BCUT2D eigenvalue weighted by atomic mass is 19.1. The third-order valence-corrected chi connectivity index (χ3v) is 7.92. The number of carbonyl (C=O) groups is 2. The van der Waals surface area contributed by atoms with Crippen molar-refractivity contribution in [1.82, 2.24) is 31.6 Å². The Labute approximate surface area is 216 Å². The molecule has 4 N–H and O–H groups in total. The Hall–Kier alpha value is -3.66. The van der Waals surface area contributed by atoms with E-state index in [2.05, 4.69) is 40.8 Å². The van der Waals surface area contributed by atoms with Crippen LogP contribution in [0.25, 0.3) is 0 Å². The van der Waals surface area contributed by atoms with Crippen LogP contribution in [0.3, 0.4) is 0 Å². The topological polar surface area (TPSA) is 101 Å². The molecule has 1 spiro atoms. The lowest BCUT2D eigenvalue weighted by molar-refractivity contribution is 0.0832. The Morgan fingerprint density at radius 3 is 2.54 bits per heavy atom. The molecule has 5 rings (SSSR count). The molecular formula is C27H34FN7O2. The highest BCUT2D eigenvalue weighted by molar-refractivity contribution is 6.05. The van der Waals surface area contributed by atoms with E-state index in [1.54, 1.807) is 18.2 Å². The van der Waals surface area contributed by atoms with Crippen LogP contribution in [0.2, 0.25) is 0 Å². The molecule has 0 radical (unpaired) electrons. The Morgan fingerprint density at radius 1 is 1.14 bits per heavy atom. The molecule has 0 atom stereocenters. The van der Waals surface area contributed by atoms with Crippen LogP contribution in [0.5, 0.6) is 0 Å². The second-order valence-corrected chi connectivity index (χ2v) is 10.6. The molecule has 9 nitrogen and oxygen atoms in total. The number of benzene rings is 2. The van der Waals surface area contributed by atoms with Crippen LogP contribution in [-0.2, 0) is 13.1 Å². The van der Waals surface area contributed by atoms with E-state index in [0.29, 0.717) is 37.0 Å². The van der Waals surface area contributed by atoms with E-state index in [0.717, 1.165) is 36.8 Å². The molecule has 2 heterocycles. The number of hydrazine groups is 2. The first-order valence-corrected chi connectivity index (χ1v) is 12.9.